The number of aryl methyl sites for hydroxylation is 2. The predicted octanol–water partition coefficient (Wildman–Crippen LogP) is 3.96. The summed E-state index contributed by atoms with van der Waals surface area (Å²) in [4.78, 5) is 2.21. The molecular weight excluding hydrogens is 334 g/mol. The maximum Gasteiger partial charge on any atom is 0.123 e. The number of aliphatic hydroxyl groups is 1. The predicted molar refractivity (Wildman–Crippen MR) is 102 cm³/mol. The Bertz CT molecular complexity index is 677. The molecule has 1 aliphatic rings. The molecule has 1 heterocycles. The summed E-state index contributed by atoms with van der Waals surface area (Å²) in [5.41, 5.74) is 2.51. The standard InChI is InChI=1S/C21H26ClNO2/c1-23-15-20(24)14-19(23)11-12-25-21-13-18(22)10-9-17(21)8-7-16-5-3-2-4-6-16/h2-6,9-10,13,19-20,24H,7-8,11-12,14-15H2,1H3/t19-,20-/m1/s1. The van der Waals surface area contributed by atoms with E-state index in [2.05, 4.69) is 42.3 Å². The summed E-state index contributed by atoms with van der Waals surface area (Å²) in [7, 11) is 2.06. The van der Waals surface area contributed by atoms with Crippen LogP contribution in [0.1, 0.15) is 24.0 Å². The minimum atomic E-state index is -0.206. The molecule has 3 rings (SSSR count). The summed E-state index contributed by atoms with van der Waals surface area (Å²) < 4.78 is 6.06. The second kappa shape index (κ2) is 8.70. The first-order valence-electron chi connectivity index (χ1n) is 8.95. The van der Waals surface area contributed by atoms with Crippen molar-refractivity contribution in [2.75, 3.05) is 20.2 Å². The molecule has 4 heteroatoms. The lowest BCUT2D eigenvalue weighted by Gasteiger charge is -2.19. The van der Waals surface area contributed by atoms with Gasteiger partial charge >= 0.3 is 0 Å². The Morgan fingerprint density at radius 1 is 1.16 bits per heavy atom. The average Bonchev–Trinajstić information content (AvgIpc) is 2.92. The van der Waals surface area contributed by atoms with E-state index in [0.717, 1.165) is 38.0 Å². The largest absolute Gasteiger partial charge is 0.493 e. The third-order valence-electron chi connectivity index (χ3n) is 4.93. The van der Waals surface area contributed by atoms with Crippen LogP contribution < -0.4 is 4.74 Å². The smallest absolute Gasteiger partial charge is 0.123 e. The molecule has 0 unspecified atom stereocenters. The van der Waals surface area contributed by atoms with Gasteiger partial charge in [-0.1, -0.05) is 48.0 Å². The molecule has 0 aromatic heterocycles. The number of rotatable bonds is 7. The van der Waals surface area contributed by atoms with Crippen molar-refractivity contribution in [2.45, 2.75) is 37.8 Å². The van der Waals surface area contributed by atoms with Crippen LogP contribution in [0, 0.1) is 0 Å². The van der Waals surface area contributed by atoms with Crippen LogP contribution in [0.4, 0.5) is 0 Å². The molecule has 25 heavy (non-hydrogen) atoms. The number of hydrogen-bond acceptors (Lipinski definition) is 3. The van der Waals surface area contributed by atoms with Gasteiger partial charge in [0.05, 0.1) is 12.7 Å². The zero-order valence-corrected chi connectivity index (χ0v) is 15.5. The maximum absolute atomic E-state index is 9.75. The van der Waals surface area contributed by atoms with E-state index >= 15 is 0 Å². The number of aliphatic hydroxyl groups excluding tert-OH is 1. The zero-order valence-electron chi connectivity index (χ0n) is 14.7. The van der Waals surface area contributed by atoms with Crippen molar-refractivity contribution in [3.63, 3.8) is 0 Å². The third kappa shape index (κ3) is 5.21. The molecule has 1 saturated heterocycles. The average molecular weight is 360 g/mol. The molecule has 2 aromatic rings. The summed E-state index contributed by atoms with van der Waals surface area (Å²) in [6, 6.07) is 16.8. The van der Waals surface area contributed by atoms with Crippen LogP contribution in [0.5, 0.6) is 5.75 Å². The van der Waals surface area contributed by atoms with Gasteiger partial charge in [0, 0.05) is 17.6 Å². The number of likely N-dealkylation sites (tertiary alicyclic amines) is 1. The van der Waals surface area contributed by atoms with Crippen molar-refractivity contribution >= 4 is 11.6 Å². The first-order valence-corrected chi connectivity index (χ1v) is 9.33. The van der Waals surface area contributed by atoms with E-state index in [1.807, 2.05) is 18.2 Å². The normalized spacial score (nSPS) is 20.8. The lowest BCUT2D eigenvalue weighted by atomic mass is 10.0. The number of ether oxygens (including phenoxy) is 1. The molecule has 1 aliphatic heterocycles. The molecule has 0 saturated carbocycles. The van der Waals surface area contributed by atoms with Crippen molar-refractivity contribution in [1.29, 1.82) is 0 Å². The minimum Gasteiger partial charge on any atom is -0.493 e. The lowest BCUT2D eigenvalue weighted by Crippen LogP contribution is -2.26. The third-order valence-corrected chi connectivity index (χ3v) is 5.17. The zero-order chi connectivity index (χ0) is 17.6. The summed E-state index contributed by atoms with van der Waals surface area (Å²) in [6.07, 6.45) is 3.45. The molecule has 0 bridgehead atoms. The number of benzene rings is 2. The summed E-state index contributed by atoms with van der Waals surface area (Å²) in [5.74, 6) is 0.879. The second-order valence-corrected chi connectivity index (χ2v) is 7.29. The molecule has 0 amide bonds. The summed E-state index contributed by atoms with van der Waals surface area (Å²) >= 11 is 6.16. The van der Waals surface area contributed by atoms with Gasteiger partial charge in [-0.15, -0.1) is 0 Å². The number of β-amino-alcohol motifs (C(OH)–C–C–N with tert-alkyl or cyclic N) is 1. The Morgan fingerprint density at radius 3 is 2.68 bits per heavy atom. The van der Waals surface area contributed by atoms with Gasteiger partial charge in [0.1, 0.15) is 5.75 Å². The Labute approximate surface area is 155 Å². The van der Waals surface area contributed by atoms with E-state index in [4.69, 9.17) is 16.3 Å². The molecule has 2 aromatic carbocycles. The van der Waals surface area contributed by atoms with Gasteiger partial charge in [-0.2, -0.15) is 0 Å². The van der Waals surface area contributed by atoms with Crippen molar-refractivity contribution in [2.24, 2.45) is 0 Å². The molecule has 2 atom stereocenters. The van der Waals surface area contributed by atoms with Crippen molar-refractivity contribution in [1.82, 2.24) is 4.90 Å². The Balaban J connectivity index is 1.57. The fraction of sp³-hybridized carbons (Fsp3) is 0.429. The quantitative estimate of drug-likeness (QED) is 0.812. The fourth-order valence-corrected chi connectivity index (χ4v) is 3.65. The first-order chi connectivity index (χ1) is 12.1. The van der Waals surface area contributed by atoms with E-state index in [-0.39, 0.29) is 6.10 Å². The van der Waals surface area contributed by atoms with E-state index in [0.29, 0.717) is 17.7 Å². The molecule has 0 radical (unpaired) electrons. The highest BCUT2D eigenvalue weighted by molar-refractivity contribution is 6.30. The van der Waals surface area contributed by atoms with Gasteiger partial charge < -0.3 is 14.7 Å². The van der Waals surface area contributed by atoms with Gasteiger partial charge in [0.15, 0.2) is 0 Å². The maximum atomic E-state index is 9.75. The van der Waals surface area contributed by atoms with Crippen LogP contribution in [-0.4, -0.2) is 42.4 Å². The van der Waals surface area contributed by atoms with E-state index < -0.39 is 0 Å². The SMILES string of the molecule is CN1C[C@H](O)C[C@H]1CCOc1cc(Cl)ccc1CCc1ccccc1. The van der Waals surface area contributed by atoms with Gasteiger partial charge in [0.25, 0.3) is 0 Å². The number of likely N-dealkylation sites (N-methyl/N-ethyl adjacent to an activating group) is 1. The Kier molecular flexibility index (Phi) is 6.35. The Morgan fingerprint density at radius 2 is 1.96 bits per heavy atom. The summed E-state index contributed by atoms with van der Waals surface area (Å²) in [6.45, 7) is 1.39. The van der Waals surface area contributed by atoms with Gasteiger partial charge in [0.2, 0.25) is 0 Å². The van der Waals surface area contributed by atoms with Crippen molar-refractivity contribution < 1.29 is 9.84 Å². The number of halogens is 1. The lowest BCUT2D eigenvalue weighted by molar-refractivity contribution is 0.182. The van der Waals surface area contributed by atoms with Crippen LogP contribution in [-0.2, 0) is 12.8 Å². The monoisotopic (exact) mass is 359 g/mol. The molecule has 134 valence electrons. The summed E-state index contributed by atoms with van der Waals surface area (Å²) in [5, 5.41) is 10.4. The number of hydrogen-bond donors (Lipinski definition) is 1. The topological polar surface area (TPSA) is 32.7 Å². The van der Waals surface area contributed by atoms with Crippen LogP contribution >= 0.6 is 11.6 Å². The van der Waals surface area contributed by atoms with Crippen LogP contribution in [0.25, 0.3) is 0 Å². The molecule has 0 aliphatic carbocycles. The first kappa shape index (κ1) is 18.2. The van der Waals surface area contributed by atoms with Crippen LogP contribution in [0.2, 0.25) is 5.02 Å². The Hall–Kier alpha value is -1.55. The molecule has 1 N–H and O–H groups in total. The van der Waals surface area contributed by atoms with Crippen LogP contribution in [0.3, 0.4) is 0 Å². The second-order valence-electron chi connectivity index (χ2n) is 6.86. The van der Waals surface area contributed by atoms with E-state index in [1.54, 1.807) is 0 Å². The van der Waals surface area contributed by atoms with Gasteiger partial charge in [-0.05, 0) is 56.0 Å². The van der Waals surface area contributed by atoms with Crippen molar-refractivity contribution in [3.05, 3.63) is 64.7 Å². The van der Waals surface area contributed by atoms with Crippen LogP contribution in [0.15, 0.2) is 48.5 Å². The molecular formula is C21H26ClNO2. The van der Waals surface area contributed by atoms with Gasteiger partial charge in [-0.3, -0.25) is 0 Å². The van der Waals surface area contributed by atoms with E-state index in [1.165, 1.54) is 11.1 Å². The minimum absolute atomic E-state index is 0.206. The molecule has 3 nitrogen and oxygen atoms in total. The highest BCUT2D eigenvalue weighted by Crippen LogP contribution is 2.26. The van der Waals surface area contributed by atoms with E-state index in [9.17, 15) is 5.11 Å². The fourth-order valence-electron chi connectivity index (χ4n) is 3.49. The number of nitrogens with zero attached hydrogens (tertiary/aromatic N) is 1. The molecule has 0 spiro atoms. The molecule has 1 fully saturated rings. The highest BCUT2D eigenvalue weighted by Gasteiger charge is 2.27. The highest BCUT2D eigenvalue weighted by atomic mass is 35.5. The van der Waals surface area contributed by atoms with Gasteiger partial charge in [-0.25, -0.2) is 0 Å². The van der Waals surface area contributed by atoms with Crippen molar-refractivity contribution in [3.8, 4) is 5.75 Å².